The van der Waals surface area contributed by atoms with Crippen LogP contribution in [0.25, 0.3) is 0 Å². The summed E-state index contributed by atoms with van der Waals surface area (Å²) in [7, 11) is 8.17. The molecule has 0 bridgehead atoms. The molecule has 0 aromatic rings. The molecule has 1 aliphatic heterocycles. The Kier molecular flexibility index (Phi) is 7.19. The maximum atomic E-state index is 5.37. The molecule has 6 heteroatoms. The lowest BCUT2D eigenvalue weighted by atomic mass is 9.89. The van der Waals surface area contributed by atoms with Crippen molar-refractivity contribution in [3.8, 4) is 0 Å². The van der Waals surface area contributed by atoms with Crippen molar-refractivity contribution in [2.24, 2.45) is 5.92 Å². The van der Waals surface area contributed by atoms with Crippen molar-refractivity contribution in [2.45, 2.75) is 23.8 Å². The summed E-state index contributed by atoms with van der Waals surface area (Å²) < 4.78 is 1.98. The Morgan fingerprint density at radius 2 is 2.12 bits per heavy atom. The third-order valence-corrected chi connectivity index (χ3v) is 5.56. The van der Waals surface area contributed by atoms with E-state index in [-0.39, 0.29) is 0 Å². The smallest absolute Gasteiger partial charge is 0.0656 e. The topological polar surface area (TPSA) is 19.0 Å². The molecule has 17 heavy (non-hydrogen) atoms. The van der Waals surface area contributed by atoms with Gasteiger partial charge in [0.05, 0.1) is 18.1 Å². The predicted molar refractivity (Wildman–Crippen MR) is 83.3 cm³/mol. The summed E-state index contributed by atoms with van der Waals surface area (Å²) in [5, 5.41) is 0. The van der Waals surface area contributed by atoms with Crippen LogP contribution in [0.3, 0.4) is 0 Å². The van der Waals surface area contributed by atoms with Gasteiger partial charge in [0.25, 0.3) is 0 Å². The van der Waals surface area contributed by atoms with Crippen LogP contribution in [0.5, 0.6) is 0 Å². The van der Waals surface area contributed by atoms with Gasteiger partial charge in [-0.2, -0.15) is 0 Å². The van der Waals surface area contributed by atoms with Gasteiger partial charge < -0.3 is 4.90 Å². The Balaban J connectivity index is 2.60. The highest BCUT2D eigenvalue weighted by molar-refractivity contribution is 14.1. The van der Waals surface area contributed by atoms with Crippen LogP contribution in [0, 0.1) is 5.92 Å². The van der Waals surface area contributed by atoms with Crippen molar-refractivity contribution in [2.75, 3.05) is 41.3 Å². The quantitative estimate of drug-likeness (QED) is 0.223. The zero-order valence-electron chi connectivity index (χ0n) is 11.1. The molecular formula is C11H23BrIN3O. The summed E-state index contributed by atoms with van der Waals surface area (Å²) in [6.07, 6.45) is 2.40. The molecule has 0 radical (unpaired) electrons. The van der Waals surface area contributed by atoms with E-state index in [0.29, 0.717) is 16.9 Å². The first-order valence-electron chi connectivity index (χ1n) is 5.93. The van der Waals surface area contributed by atoms with E-state index in [9.17, 15) is 0 Å². The van der Waals surface area contributed by atoms with Gasteiger partial charge >= 0.3 is 0 Å². The minimum atomic E-state index is 0.472. The molecular weight excluding hydrogens is 397 g/mol. The van der Waals surface area contributed by atoms with Crippen LogP contribution in [0.1, 0.15) is 12.8 Å². The monoisotopic (exact) mass is 419 g/mol. The van der Waals surface area contributed by atoms with Crippen LogP contribution in [-0.2, 0) is 4.84 Å². The van der Waals surface area contributed by atoms with Crippen molar-refractivity contribution in [1.82, 2.24) is 13.1 Å². The third kappa shape index (κ3) is 4.91. The fourth-order valence-electron chi connectivity index (χ4n) is 2.24. The van der Waals surface area contributed by atoms with E-state index >= 15 is 0 Å². The average Bonchev–Trinajstić information content (AvgIpc) is 2.29. The summed E-state index contributed by atoms with van der Waals surface area (Å²) in [5.74, 6) is 0.676. The number of nitrogens with zero attached hydrogens (tertiary/aromatic N) is 3. The number of halogens is 2. The zero-order chi connectivity index (χ0) is 13.0. The van der Waals surface area contributed by atoms with E-state index in [1.165, 1.54) is 12.8 Å². The number of hydrogen-bond donors (Lipinski definition) is 0. The van der Waals surface area contributed by atoms with E-state index in [1.807, 2.05) is 3.28 Å². The summed E-state index contributed by atoms with van der Waals surface area (Å²) in [5.41, 5.74) is 0. The largest absolute Gasteiger partial charge is 0.309 e. The minimum Gasteiger partial charge on any atom is -0.309 e. The third-order valence-electron chi connectivity index (χ3n) is 3.38. The van der Waals surface area contributed by atoms with Gasteiger partial charge in [0.2, 0.25) is 0 Å². The van der Waals surface area contributed by atoms with E-state index < -0.39 is 0 Å². The van der Waals surface area contributed by atoms with Gasteiger partial charge in [-0.05, 0) is 46.4 Å². The number of rotatable bonds is 5. The first-order valence-corrected chi connectivity index (χ1v) is 7.82. The molecule has 0 amide bonds. The molecule has 0 aromatic heterocycles. The number of piperidine rings is 1. The molecule has 3 unspecified atom stereocenters. The highest BCUT2D eigenvalue weighted by atomic mass is 127. The van der Waals surface area contributed by atoms with E-state index in [2.05, 4.69) is 69.7 Å². The fourth-order valence-corrected chi connectivity index (χ4v) is 3.52. The highest BCUT2D eigenvalue weighted by Crippen LogP contribution is 2.32. The van der Waals surface area contributed by atoms with Gasteiger partial charge in [-0.15, -0.1) is 3.28 Å². The Bertz CT molecular complexity index is 233. The predicted octanol–water partition coefficient (Wildman–Crippen LogP) is 2.19. The van der Waals surface area contributed by atoms with Gasteiger partial charge in [0.15, 0.2) is 0 Å². The second-order valence-electron chi connectivity index (χ2n) is 4.98. The normalized spacial score (nSPS) is 31.4. The van der Waals surface area contributed by atoms with E-state index in [4.69, 9.17) is 4.84 Å². The fraction of sp³-hybridized carbons (Fsp3) is 1.00. The molecule has 102 valence electrons. The van der Waals surface area contributed by atoms with Crippen molar-refractivity contribution in [3.05, 3.63) is 0 Å². The molecule has 4 nitrogen and oxygen atoms in total. The van der Waals surface area contributed by atoms with Gasteiger partial charge in [0, 0.05) is 29.4 Å². The van der Waals surface area contributed by atoms with Crippen molar-refractivity contribution in [1.29, 1.82) is 0 Å². The standard InChI is InChI=1S/C11H23BrIN3O/c1-14(2)6-5-9-7-11(12)15(3)8-10(9)16(13)17-4/h9-11H,5-8H2,1-4H3. The number of hydrogen-bond acceptors (Lipinski definition) is 4. The van der Waals surface area contributed by atoms with Crippen molar-refractivity contribution >= 4 is 38.8 Å². The Morgan fingerprint density at radius 1 is 1.47 bits per heavy atom. The maximum absolute atomic E-state index is 5.37. The molecule has 0 aromatic carbocycles. The van der Waals surface area contributed by atoms with Gasteiger partial charge in [-0.3, -0.25) is 9.74 Å². The molecule has 1 aliphatic rings. The maximum Gasteiger partial charge on any atom is 0.0656 e. The molecule has 1 saturated heterocycles. The molecule has 1 fully saturated rings. The molecule has 0 saturated carbocycles. The Hall–Kier alpha value is 1.05. The molecule has 0 N–H and O–H groups in total. The van der Waals surface area contributed by atoms with Crippen LogP contribution < -0.4 is 0 Å². The lowest BCUT2D eigenvalue weighted by Gasteiger charge is -2.42. The molecule has 0 aliphatic carbocycles. The number of hydroxylamine groups is 1. The second-order valence-corrected chi connectivity index (χ2v) is 6.99. The Labute approximate surface area is 127 Å². The summed E-state index contributed by atoms with van der Waals surface area (Å²) in [4.78, 5) is 10.5. The van der Waals surface area contributed by atoms with Crippen LogP contribution in [-0.4, -0.2) is 65.4 Å². The second kappa shape index (κ2) is 7.59. The SMILES string of the molecule is CON(I)C1CN(C)C(Br)CC1CCN(C)C. The number of likely N-dealkylation sites (N-methyl/N-ethyl adjacent to an activating group) is 1. The van der Waals surface area contributed by atoms with E-state index in [1.54, 1.807) is 7.11 Å². The van der Waals surface area contributed by atoms with Crippen molar-refractivity contribution in [3.63, 3.8) is 0 Å². The summed E-state index contributed by atoms with van der Waals surface area (Å²) in [6.45, 7) is 2.18. The number of likely N-dealkylation sites (tertiary alicyclic amines) is 1. The lowest BCUT2D eigenvalue weighted by Crippen LogP contribution is -2.51. The zero-order valence-corrected chi connectivity index (χ0v) is 14.8. The number of alkyl halides is 1. The highest BCUT2D eigenvalue weighted by Gasteiger charge is 2.35. The van der Waals surface area contributed by atoms with Gasteiger partial charge in [-0.25, -0.2) is 0 Å². The van der Waals surface area contributed by atoms with Crippen LogP contribution in [0.4, 0.5) is 0 Å². The van der Waals surface area contributed by atoms with Gasteiger partial charge in [0.1, 0.15) is 0 Å². The average molecular weight is 420 g/mol. The van der Waals surface area contributed by atoms with Gasteiger partial charge in [-0.1, -0.05) is 15.9 Å². The summed E-state index contributed by atoms with van der Waals surface area (Å²) in [6, 6.07) is 0.472. The molecule has 1 rings (SSSR count). The van der Waals surface area contributed by atoms with Crippen LogP contribution in [0.2, 0.25) is 0 Å². The van der Waals surface area contributed by atoms with E-state index in [0.717, 1.165) is 13.1 Å². The first-order chi connectivity index (χ1) is 7.95. The van der Waals surface area contributed by atoms with Crippen LogP contribution >= 0.6 is 38.8 Å². The lowest BCUT2D eigenvalue weighted by molar-refractivity contribution is -0.0867. The Morgan fingerprint density at radius 3 is 2.65 bits per heavy atom. The first kappa shape index (κ1) is 16.1. The summed E-state index contributed by atoms with van der Waals surface area (Å²) >= 11 is 6.02. The van der Waals surface area contributed by atoms with Crippen LogP contribution in [0.15, 0.2) is 0 Å². The minimum absolute atomic E-state index is 0.472. The molecule has 1 heterocycles. The molecule has 3 atom stereocenters. The van der Waals surface area contributed by atoms with Crippen molar-refractivity contribution < 1.29 is 4.84 Å². The molecule has 0 spiro atoms.